The van der Waals surface area contributed by atoms with Gasteiger partial charge in [0.05, 0.1) is 19.8 Å². The number of hydrogen-bond donors (Lipinski definition) is 3. The van der Waals surface area contributed by atoms with Gasteiger partial charge in [-0.2, -0.15) is 0 Å². The van der Waals surface area contributed by atoms with E-state index in [9.17, 15) is 24.2 Å². The first-order chi connectivity index (χ1) is 25.7. The molecule has 0 aromatic rings. The molecule has 0 fully saturated rings. The van der Waals surface area contributed by atoms with Crippen LogP contribution < -0.4 is 0 Å². The van der Waals surface area contributed by atoms with Gasteiger partial charge in [0, 0.05) is 12.8 Å². The van der Waals surface area contributed by atoms with Gasteiger partial charge in [-0.1, -0.05) is 134 Å². The first-order valence-electron chi connectivity index (χ1n) is 20.9. The fourth-order valence-electron chi connectivity index (χ4n) is 5.49. The van der Waals surface area contributed by atoms with Crippen LogP contribution in [0.25, 0.3) is 0 Å². The highest BCUT2D eigenvalue weighted by Crippen LogP contribution is 2.43. The number of ether oxygens (including phenoxy) is 2. The van der Waals surface area contributed by atoms with Gasteiger partial charge in [0.2, 0.25) is 0 Å². The summed E-state index contributed by atoms with van der Waals surface area (Å²) in [6, 6.07) is 0. The van der Waals surface area contributed by atoms with E-state index in [0.29, 0.717) is 12.8 Å². The minimum absolute atomic E-state index is 0.167. The van der Waals surface area contributed by atoms with Gasteiger partial charge in [0.25, 0.3) is 0 Å². The summed E-state index contributed by atoms with van der Waals surface area (Å²) >= 11 is 0. The van der Waals surface area contributed by atoms with Crippen molar-refractivity contribution in [1.82, 2.24) is 0 Å². The lowest BCUT2D eigenvalue weighted by molar-refractivity contribution is -0.161. The highest BCUT2D eigenvalue weighted by Gasteiger charge is 2.27. The Balaban J connectivity index is 4.36. The van der Waals surface area contributed by atoms with Gasteiger partial charge in [0.15, 0.2) is 6.10 Å². The normalized spacial score (nSPS) is 14.3. The number of aliphatic hydroxyl groups excluding tert-OH is 2. The van der Waals surface area contributed by atoms with Crippen molar-refractivity contribution in [3.8, 4) is 0 Å². The lowest BCUT2D eigenvalue weighted by atomic mass is 10.1. The van der Waals surface area contributed by atoms with Gasteiger partial charge in [-0.25, -0.2) is 4.57 Å². The summed E-state index contributed by atoms with van der Waals surface area (Å²) in [7, 11) is -4.62. The molecule has 0 aliphatic rings. The number of esters is 2. The quantitative estimate of drug-likeness (QED) is 0.0238. The van der Waals surface area contributed by atoms with Crippen molar-refractivity contribution in [2.24, 2.45) is 0 Å². The van der Waals surface area contributed by atoms with Gasteiger partial charge in [-0.3, -0.25) is 18.6 Å². The van der Waals surface area contributed by atoms with Crippen LogP contribution in [0.4, 0.5) is 0 Å². The number of hydrogen-bond acceptors (Lipinski definition) is 9. The van der Waals surface area contributed by atoms with Crippen LogP contribution in [0, 0.1) is 0 Å². The number of carbonyl (C=O) groups excluding carboxylic acids is 2. The minimum atomic E-state index is -4.62. The smallest absolute Gasteiger partial charge is 0.462 e. The van der Waals surface area contributed by atoms with Crippen LogP contribution in [0.5, 0.6) is 0 Å². The Morgan fingerprint density at radius 1 is 0.566 bits per heavy atom. The van der Waals surface area contributed by atoms with Crippen molar-refractivity contribution >= 4 is 19.8 Å². The van der Waals surface area contributed by atoms with Crippen molar-refractivity contribution in [2.75, 3.05) is 26.4 Å². The molecule has 0 saturated carbocycles. The molecule has 0 amide bonds. The highest BCUT2D eigenvalue weighted by molar-refractivity contribution is 7.47. The second-order valence-corrected chi connectivity index (χ2v) is 15.5. The molecule has 0 heterocycles. The van der Waals surface area contributed by atoms with Crippen LogP contribution in [0.15, 0.2) is 36.5 Å². The molecule has 3 N–H and O–H groups in total. The number of unbranched alkanes of at least 4 members (excludes halogenated alkanes) is 19. The molecule has 0 aromatic carbocycles. The minimum Gasteiger partial charge on any atom is -0.462 e. The maximum absolute atomic E-state index is 12.6. The third-order valence-corrected chi connectivity index (χ3v) is 9.72. The fourth-order valence-corrected chi connectivity index (χ4v) is 6.28. The third kappa shape index (κ3) is 38.3. The Kier molecular flexibility index (Phi) is 37.2. The molecule has 10 nitrogen and oxygen atoms in total. The zero-order valence-electron chi connectivity index (χ0n) is 33.5. The molecule has 0 bridgehead atoms. The van der Waals surface area contributed by atoms with Crippen molar-refractivity contribution in [2.45, 2.75) is 193 Å². The molecule has 11 heteroatoms. The van der Waals surface area contributed by atoms with Gasteiger partial charge < -0.3 is 24.6 Å². The topological polar surface area (TPSA) is 149 Å². The predicted octanol–water partition coefficient (Wildman–Crippen LogP) is 10.8. The number of rotatable bonds is 39. The second-order valence-electron chi connectivity index (χ2n) is 14.0. The predicted molar refractivity (Wildman–Crippen MR) is 214 cm³/mol. The molecule has 0 spiro atoms. The summed E-state index contributed by atoms with van der Waals surface area (Å²) in [5.41, 5.74) is 0. The highest BCUT2D eigenvalue weighted by atomic mass is 31.2. The molecule has 0 rings (SSSR count). The lowest BCUT2D eigenvalue weighted by Gasteiger charge is -2.20. The van der Waals surface area contributed by atoms with E-state index < -0.39 is 51.8 Å². The average molecular weight is 773 g/mol. The zero-order chi connectivity index (χ0) is 39.1. The largest absolute Gasteiger partial charge is 0.472 e. The van der Waals surface area contributed by atoms with Crippen LogP contribution in [-0.2, 0) is 32.7 Å². The maximum Gasteiger partial charge on any atom is 0.472 e. The molecular formula is C42H77O10P. The van der Waals surface area contributed by atoms with E-state index in [4.69, 9.17) is 19.1 Å². The van der Waals surface area contributed by atoms with Crippen molar-refractivity contribution in [3.05, 3.63) is 36.5 Å². The zero-order valence-corrected chi connectivity index (χ0v) is 34.4. The van der Waals surface area contributed by atoms with E-state index in [-0.39, 0.29) is 19.4 Å². The Morgan fingerprint density at radius 3 is 1.51 bits per heavy atom. The Hall–Kier alpha value is -1.81. The van der Waals surface area contributed by atoms with E-state index in [1.54, 1.807) is 0 Å². The van der Waals surface area contributed by atoms with Crippen LogP contribution in [0.3, 0.4) is 0 Å². The molecule has 1 unspecified atom stereocenters. The Bertz CT molecular complexity index is 983. The molecule has 310 valence electrons. The maximum atomic E-state index is 12.6. The van der Waals surface area contributed by atoms with Gasteiger partial charge in [-0.15, -0.1) is 0 Å². The molecular weight excluding hydrogens is 695 g/mol. The standard InChI is InChI=1S/C42H77O10P/c1-3-5-7-9-11-13-15-17-19-21-23-25-27-29-31-33-41(45)49-37-40(38-51-53(47,48)50-36-39(44)35-43)52-42(46)34-32-30-28-26-24-22-20-18-16-14-12-10-8-6-4-2/h12,14,17-20,39-40,43-44H,3-11,13,15-16,21-38H2,1-2H3,(H,47,48)/b14-12-,19-17-,20-18-/t39-,40+/m0/s1. The molecule has 0 aliphatic carbocycles. The lowest BCUT2D eigenvalue weighted by Crippen LogP contribution is -2.29. The number of aliphatic hydroxyl groups is 2. The van der Waals surface area contributed by atoms with E-state index in [1.165, 1.54) is 64.2 Å². The Labute approximate surface area is 322 Å². The van der Waals surface area contributed by atoms with Gasteiger partial charge in [-0.05, 0) is 70.6 Å². The number of phosphoric acid groups is 1. The van der Waals surface area contributed by atoms with E-state index in [0.717, 1.165) is 77.0 Å². The molecule has 0 aliphatic heterocycles. The van der Waals surface area contributed by atoms with Crippen molar-refractivity contribution < 1.29 is 47.8 Å². The van der Waals surface area contributed by atoms with Crippen LogP contribution >= 0.6 is 7.82 Å². The molecule has 3 atom stereocenters. The second kappa shape index (κ2) is 38.5. The summed E-state index contributed by atoms with van der Waals surface area (Å²) in [6.07, 6.45) is 38.2. The van der Waals surface area contributed by atoms with Crippen LogP contribution in [0.2, 0.25) is 0 Å². The van der Waals surface area contributed by atoms with E-state index in [1.807, 2.05) is 0 Å². The average Bonchev–Trinajstić information content (AvgIpc) is 3.14. The molecule has 53 heavy (non-hydrogen) atoms. The molecule has 0 radical (unpaired) electrons. The van der Waals surface area contributed by atoms with Gasteiger partial charge in [0.1, 0.15) is 12.7 Å². The fraction of sp³-hybridized carbons (Fsp3) is 0.810. The summed E-state index contributed by atoms with van der Waals surface area (Å²) in [6.45, 7) is 2.32. The van der Waals surface area contributed by atoms with Crippen molar-refractivity contribution in [3.63, 3.8) is 0 Å². The first-order valence-corrected chi connectivity index (χ1v) is 22.4. The van der Waals surface area contributed by atoms with Crippen molar-refractivity contribution in [1.29, 1.82) is 0 Å². The monoisotopic (exact) mass is 773 g/mol. The van der Waals surface area contributed by atoms with Gasteiger partial charge >= 0.3 is 19.8 Å². The van der Waals surface area contributed by atoms with Crippen LogP contribution in [-0.4, -0.2) is 65.7 Å². The number of carbonyl (C=O) groups is 2. The summed E-state index contributed by atoms with van der Waals surface area (Å²) in [5.74, 6) is -0.950. The molecule has 0 aromatic heterocycles. The molecule has 0 saturated heterocycles. The number of allylic oxidation sites excluding steroid dienone is 6. The number of phosphoric ester groups is 1. The van der Waals surface area contributed by atoms with E-state index >= 15 is 0 Å². The summed E-state index contributed by atoms with van der Waals surface area (Å²) in [5, 5.41) is 18.3. The van der Waals surface area contributed by atoms with Crippen LogP contribution in [0.1, 0.15) is 181 Å². The summed E-state index contributed by atoms with van der Waals surface area (Å²) < 4.78 is 32.6. The third-order valence-electron chi connectivity index (χ3n) is 8.77. The summed E-state index contributed by atoms with van der Waals surface area (Å²) in [4.78, 5) is 34.9. The van der Waals surface area contributed by atoms with E-state index in [2.05, 4.69) is 54.8 Å². The first kappa shape index (κ1) is 51.2. The SMILES string of the molecule is CCCCC/C=C\C/C=C\CCCCCCCC(=O)O[C@H](COC(=O)CCCCCCC/C=C\CCCCCCCC)COP(=O)(O)OC[C@@H](O)CO. The Morgan fingerprint density at radius 2 is 0.981 bits per heavy atom.